The molecule has 1 aliphatic rings. The van der Waals surface area contributed by atoms with Gasteiger partial charge in [0, 0.05) is 30.0 Å². The van der Waals surface area contributed by atoms with Gasteiger partial charge in [-0.1, -0.05) is 12.1 Å². The largest absolute Gasteiger partial charge is 0.472 e. The maximum Gasteiger partial charge on any atom is 0.233 e. The van der Waals surface area contributed by atoms with Crippen molar-refractivity contribution in [1.29, 1.82) is 0 Å². The fraction of sp³-hybridized carbons (Fsp3) is 0.360. The third-order valence-corrected chi connectivity index (χ3v) is 5.73. The van der Waals surface area contributed by atoms with Gasteiger partial charge in [-0.3, -0.25) is 9.67 Å². The lowest BCUT2D eigenvalue weighted by molar-refractivity contribution is 0.170. The van der Waals surface area contributed by atoms with Crippen LogP contribution < -0.4 is 4.74 Å². The maximum absolute atomic E-state index is 6.00. The molecule has 3 aromatic heterocycles. The summed E-state index contributed by atoms with van der Waals surface area (Å²) < 4.78 is 8.13. The van der Waals surface area contributed by atoms with E-state index in [1.54, 1.807) is 6.20 Å². The van der Waals surface area contributed by atoms with Gasteiger partial charge in [0.2, 0.25) is 5.88 Å². The number of aryl methyl sites for hydroxylation is 2. The number of hydrogen-bond donors (Lipinski definition) is 0. The number of ether oxygens (including phenoxy) is 1. The monoisotopic (exact) mass is 428 g/mol. The van der Waals surface area contributed by atoms with Crippen molar-refractivity contribution in [3.63, 3.8) is 0 Å². The van der Waals surface area contributed by atoms with Crippen molar-refractivity contribution in [2.75, 3.05) is 20.6 Å². The highest BCUT2D eigenvalue weighted by Crippen LogP contribution is 2.37. The minimum atomic E-state index is 0.0258. The normalized spacial score (nSPS) is 14.2. The maximum atomic E-state index is 6.00. The van der Waals surface area contributed by atoms with Gasteiger partial charge >= 0.3 is 0 Å². The predicted molar refractivity (Wildman–Crippen MR) is 126 cm³/mol. The Morgan fingerprint density at radius 3 is 2.81 bits per heavy atom. The van der Waals surface area contributed by atoms with E-state index < -0.39 is 0 Å². The first-order chi connectivity index (χ1) is 15.5. The molecule has 1 aromatic carbocycles. The van der Waals surface area contributed by atoms with E-state index in [0.29, 0.717) is 5.88 Å². The lowest BCUT2D eigenvalue weighted by Crippen LogP contribution is -2.28. The fourth-order valence-corrected chi connectivity index (χ4v) is 4.45. The van der Waals surface area contributed by atoms with E-state index >= 15 is 0 Å². The van der Waals surface area contributed by atoms with Crippen LogP contribution in [-0.2, 0) is 13.0 Å². The van der Waals surface area contributed by atoms with Gasteiger partial charge in [-0.25, -0.2) is 9.97 Å². The molecule has 0 saturated heterocycles. The Hall–Kier alpha value is -3.32. The van der Waals surface area contributed by atoms with E-state index in [0.717, 1.165) is 65.2 Å². The summed E-state index contributed by atoms with van der Waals surface area (Å²) in [5.74, 6) is 0.546. The van der Waals surface area contributed by atoms with Gasteiger partial charge in [-0.15, -0.1) is 0 Å². The Labute approximate surface area is 188 Å². The zero-order valence-electron chi connectivity index (χ0n) is 19.0. The van der Waals surface area contributed by atoms with Crippen LogP contribution in [0, 0.1) is 6.92 Å². The van der Waals surface area contributed by atoms with Crippen LogP contribution in [0.4, 0.5) is 0 Å². The van der Waals surface area contributed by atoms with E-state index in [-0.39, 0.29) is 6.10 Å². The Bertz CT molecular complexity index is 1280. The summed E-state index contributed by atoms with van der Waals surface area (Å²) in [7, 11) is 4.06. The first kappa shape index (κ1) is 20.6. The first-order valence-electron chi connectivity index (χ1n) is 11.1. The van der Waals surface area contributed by atoms with Crippen molar-refractivity contribution in [2.45, 2.75) is 39.3 Å². The first-order valence-corrected chi connectivity index (χ1v) is 11.1. The lowest BCUT2D eigenvalue weighted by atomic mass is 9.99. The van der Waals surface area contributed by atoms with Crippen LogP contribution in [0.1, 0.15) is 24.7 Å². The van der Waals surface area contributed by atoms with E-state index in [1.807, 2.05) is 52.2 Å². The number of aromatic nitrogens is 5. The summed E-state index contributed by atoms with van der Waals surface area (Å²) in [4.78, 5) is 16.2. The Kier molecular flexibility index (Phi) is 5.35. The van der Waals surface area contributed by atoms with Crippen LogP contribution in [0.2, 0.25) is 0 Å². The highest BCUT2D eigenvalue weighted by Gasteiger charge is 2.24. The molecule has 7 heteroatoms. The third-order valence-electron chi connectivity index (χ3n) is 5.73. The molecule has 4 heterocycles. The second kappa shape index (κ2) is 8.31. The Morgan fingerprint density at radius 1 is 1.12 bits per heavy atom. The van der Waals surface area contributed by atoms with Gasteiger partial charge in [0.25, 0.3) is 0 Å². The molecule has 0 aliphatic carbocycles. The molecular formula is C25H28N6O. The molecule has 164 valence electrons. The molecule has 0 radical (unpaired) electrons. The molecule has 0 bridgehead atoms. The molecule has 1 aliphatic heterocycles. The molecule has 0 fully saturated rings. The van der Waals surface area contributed by atoms with Gasteiger partial charge in [-0.05, 0) is 70.6 Å². The van der Waals surface area contributed by atoms with Crippen LogP contribution in [-0.4, -0.2) is 56.4 Å². The zero-order chi connectivity index (χ0) is 22.2. The summed E-state index contributed by atoms with van der Waals surface area (Å²) in [6, 6.07) is 12.3. The van der Waals surface area contributed by atoms with Crippen LogP contribution in [0.15, 0.2) is 42.6 Å². The second-order valence-electron chi connectivity index (χ2n) is 8.76. The van der Waals surface area contributed by atoms with Crippen molar-refractivity contribution < 1.29 is 4.74 Å². The number of rotatable bonds is 6. The molecule has 0 saturated carbocycles. The minimum Gasteiger partial charge on any atom is -0.472 e. The topological polar surface area (TPSA) is 69.0 Å². The van der Waals surface area contributed by atoms with E-state index in [9.17, 15) is 0 Å². The van der Waals surface area contributed by atoms with Crippen LogP contribution in [0.3, 0.4) is 0 Å². The van der Waals surface area contributed by atoms with E-state index in [4.69, 9.17) is 19.8 Å². The number of fused-ring (bicyclic) bond motifs is 2. The highest BCUT2D eigenvalue weighted by atomic mass is 16.5. The van der Waals surface area contributed by atoms with Gasteiger partial charge in [0.15, 0.2) is 0 Å². The number of pyridine rings is 1. The molecule has 0 N–H and O–H groups in total. The Morgan fingerprint density at radius 2 is 2.00 bits per heavy atom. The molecule has 1 atom stereocenters. The zero-order valence-corrected chi connectivity index (χ0v) is 19.0. The van der Waals surface area contributed by atoms with Gasteiger partial charge in [0.1, 0.15) is 11.8 Å². The summed E-state index contributed by atoms with van der Waals surface area (Å²) in [6.07, 6.45) is 3.86. The van der Waals surface area contributed by atoms with Gasteiger partial charge in [-0.2, -0.15) is 5.10 Å². The molecule has 1 unspecified atom stereocenters. The second-order valence-corrected chi connectivity index (χ2v) is 8.76. The van der Waals surface area contributed by atoms with Gasteiger partial charge in [0.05, 0.1) is 22.9 Å². The standard InChI is InChI=1S/C25H28N6O/c1-16-7-5-8-20(27-16)25-24(22-9-6-12-31(22)29-25)18-10-11-19-21(13-18)28-23(14-26-19)32-17(2)15-30(3)4/h5,7-8,10-11,13-14,17H,6,9,12,15H2,1-4H3. The van der Waals surface area contributed by atoms with Crippen molar-refractivity contribution in [3.8, 4) is 28.4 Å². The SMILES string of the molecule is Cc1cccc(-c2nn3c(c2-c2ccc4ncc(OC(C)CN(C)C)nc4c2)CCC3)n1. The van der Waals surface area contributed by atoms with Crippen molar-refractivity contribution in [3.05, 3.63) is 54.0 Å². The molecule has 4 aromatic rings. The van der Waals surface area contributed by atoms with Crippen LogP contribution >= 0.6 is 0 Å². The number of benzene rings is 1. The number of likely N-dealkylation sites (N-methyl/N-ethyl adjacent to an activating group) is 1. The summed E-state index contributed by atoms with van der Waals surface area (Å²) in [5, 5.41) is 4.93. The fourth-order valence-electron chi connectivity index (χ4n) is 4.45. The average molecular weight is 429 g/mol. The molecular weight excluding hydrogens is 400 g/mol. The minimum absolute atomic E-state index is 0.0258. The van der Waals surface area contributed by atoms with E-state index in [1.165, 1.54) is 5.69 Å². The van der Waals surface area contributed by atoms with Crippen molar-refractivity contribution in [1.82, 2.24) is 29.6 Å². The molecule has 32 heavy (non-hydrogen) atoms. The quantitative estimate of drug-likeness (QED) is 0.460. The van der Waals surface area contributed by atoms with Crippen molar-refractivity contribution in [2.24, 2.45) is 0 Å². The van der Waals surface area contributed by atoms with Crippen LogP contribution in [0.5, 0.6) is 5.88 Å². The molecule has 5 rings (SSSR count). The Balaban J connectivity index is 1.57. The lowest BCUT2D eigenvalue weighted by Gasteiger charge is -2.18. The molecule has 0 spiro atoms. The number of nitrogens with zero attached hydrogens (tertiary/aromatic N) is 6. The van der Waals surface area contributed by atoms with Crippen LogP contribution in [0.25, 0.3) is 33.5 Å². The molecule has 7 nitrogen and oxygen atoms in total. The smallest absolute Gasteiger partial charge is 0.233 e. The number of hydrogen-bond acceptors (Lipinski definition) is 6. The average Bonchev–Trinajstić information content (AvgIpc) is 3.34. The highest BCUT2D eigenvalue weighted by molar-refractivity contribution is 5.87. The molecule has 0 amide bonds. The predicted octanol–water partition coefficient (Wildman–Crippen LogP) is 4.14. The van der Waals surface area contributed by atoms with Gasteiger partial charge < -0.3 is 9.64 Å². The van der Waals surface area contributed by atoms with E-state index in [2.05, 4.69) is 26.7 Å². The summed E-state index contributed by atoms with van der Waals surface area (Å²) >= 11 is 0. The third kappa shape index (κ3) is 3.96. The summed E-state index contributed by atoms with van der Waals surface area (Å²) in [5.41, 5.74) is 7.99. The van der Waals surface area contributed by atoms with Crippen molar-refractivity contribution >= 4 is 11.0 Å². The summed E-state index contributed by atoms with van der Waals surface area (Å²) in [6.45, 7) is 5.81.